The molecule has 0 bridgehead atoms. The van der Waals surface area contributed by atoms with Gasteiger partial charge in [-0.05, 0) is 25.1 Å². The summed E-state index contributed by atoms with van der Waals surface area (Å²) in [7, 11) is 1.53. The average Bonchev–Trinajstić information content (AvgIpc) is 2.29. The third kappa shape index (κ3) is 3.03. The van der Waals surface area contributed by atoms with Gasteiger partial charge in [-0.25, -0.2) is 0 Å². The molecule has 0 spiro atoms. The zero-order valence-corrected chi connectivity index (χ0v) is 8.74. The van der Waals surface area contributed by atoms with E-state index in [4.69, 9.17) is 9.47 Å². The predicted molar refractivity (Wildman–Crippen MR) is 57.3 cm³/mol. The van der Waals surface area contributed by atoms with Crippen molar-refractivity contribution in [3.63, 3.8) is 0 Å². The van der Waals surface area contributed by atoms with E-state index in [1.807, 2.05) is 0 Å². The second-order valence-electron chi connectivity index (χ2n) is 2.74. The lowest BCUT2D eigenvalue weighted by atomic mass is 10.2. The van der Waals surface area contributed by atoms with Gasteiger partial charge in [0.2, 0.25) is 0 Å². The first kappa shape index (κ1) is 11.1. The van der Waals surface area contributed by atoms with Gasteiger partial charge in [-0.15, -0.1) is 5.92 Å². The Kier molecular flexibility index (Phi) is 4.24. The SMILES string of the molecule is CC#CCOc1ccc(C=O)cc1OC. The van der Waals surface area contributed by atoms with Crippen molar-refractivity contribution in [2.45, 2.75) is 6.92 Å². The van der Waals surface area contributed by atoms with Crippen LogP contribution in [0.1, 0.15) is 17.3 Å². The van der Waals surface area contributed by atoms with E-state index < -0.39 is 0 Å². The minimum atomic E-state index is 0.313. The molecule has 0 amide bonds. The molecule has 0 unspecified atom stereocenters. The first-order chi connectivity index (χ1) is 7.31. The fraction of sp³-hybridized carbons (Fsp3) is 0.250. The molecule has 0 radical (unpaired) electrons. The number of hydrogen-bond donors (Lipinski definition) is 0. The number of ether oxygens (including phenoxy) is 2. The molecule has 3 heteroatoms. The van der Waals surface area contributed by atoms with Crippen LogP contribution in [0.2, 0.25) is 0 Å². The van der Waals surface area contributed by atoms with Crippen LogP contribution in [0.15, 0.2) is 18.2 Å². The normalized spacial score (nSPS) is 8.67. The quantitative estimate of drug-likeness (QED) is 0.555. The smallest absolute Gasteiger partial charge is 0.162 e. The predicted octanol–water partition coefficient (Wildman–Crippen LogP) is 1.91. The summed E-state index contributed by atoms with van der Waals surface area (Å²) in [6.45, 7) is 2.06. The third-order valence-corrected chi connectivity index (χ3v) is 1.80. The second kappa shape index (κ2) is 5.71. The van der Waals surface area contributed by atoms with Gasteiger partial charge in [-0.2, -0.15) is 0 Å². The molecule has 0 fully saturated rings. The molecule has 0 aliphatic rings. The number of carbonyl (C=O) groups excluding carboxylic acids is 1. The zero-order chi connectivity index (χ0) is 11.1. The number of rotatable bonds is 4. The zero-order valence-electron chi connectivity index (χ0n) is 8.74. The fourth-order valence-electron chi connectivity index (χ4n) is 1.06. The lowest BCUT2D eigenvalue weighted by Crippen LogP contribution is -1.97. The fourth-order valence-corrected chi connectivity index (χ4v) is 1.06. The van der Waals surface area contributed by atoms with Gasteiger partial charge >= 0.3 is 0 Å². The number of benzene rings is 1. The van der Waals surface area contributed by atoms with Crippen molar-refractivity contribution in [2.75, 3.05) is 13.7 Å². The summed E-state index contributed by atoms with van der Waals surface area (Å²) < 4.78 is 10.4. The van der Waals surface area contributed by atoms with Crippen LogP contribution in [0.25, 0.3) is 0 Å². The van der Waals surface area contributed by atoms with Crippen LogP contribution in [0.5, 0.6) is 11.5 Å². The van der Waals surface area contributed by atoms with E-state index >= 15 is 0 Å². The van der Waals surface area contributed by atoms with Crippen LogP contribution in [-0.2, 0) is 0 Å². The summed E-state index contributed by atoms with van der Waals surface area (Å²) in [5.41, 5.74) is 0.556. The van der Waals surface area contributed by atoms with Gasteiger partial charge in [0.25, 0.3) is 0 Å². The molecule has 0 aliphatic heterocycles. The van der Waals surface area contributed by atoms with Crippen molar-refractivity contribution in [1.29, 1.82) is 0 Å². The number of aldehydes is 1. The minimum Gasteiger partial charge on any atom is -0.493 e. The molecule has 0 atom stereocenters. The number of methoxy groups -OCH3 is 1. The van der Waals surface area contributed by atoms with E-state index in [1.165, 1.54) is 7.11 Å². The summed E-state index contributed by atoms with van der Waals surface area (Å²) in [5.74, 6) is 6.63. The topological polar surface area (TPSA) is 35.5 Å². The summed E-state index contributed by atoms with van der Waals surface area (Å²) in [4.78, 5) is 10.5. The van der Waals surface area contributed by atoms with Crippen molar-refractivity contribution in [1.82, 2.24) is 0 Å². The average molecular weight is 204 g/mol. The van der Waals surface area contributed by atoms with Crippen LogP contribution in [-0.4, -0.2) is 20.0 Å². The largest absolute Gasteiger partial charge is 0.493 e. The maximum Gasteiger partial charge on any atom is 0.162 e. The van der Waals surface area contributed by atoms with Gasteiger partial charge in [0.1, 0.15) is 12.9 Å². The van der Waals surface area contributed by atoms with Crippen molar-refractivity contribution in [3.05, 3.63) is 23.8 Å². The van der Waals surface area contributed by atoms with Crippen molar-refractivity contribution < 1.29 is 14.3 Å². The summed E-state index contributed by atoms with van der Waals surface area (Å²) in [6, 6.07) is 4.99. The number of carbonyl (C=O) groups is 1. The monoisotopic (exact) mass is 204 g/mol. The van der Waals surface area contributed by atoms with E-state index in [0.29, 0.717) is 23.7 Å². The Morgan fingerprint density at radius 2 is 2.20 bits per heavy atom. The lowest BCUT2D eigenvalue weighted by Gasteiger charge is -2.08. The van der Waals surface area contributed by atoms with E-state index in [1.54, 1.807) is 25.1 Å². The molecule has 0 aliphatic carbocycles. The highest BCUT2D eigenvalue weighted by molar-refractivity contribution is 5.76. The van der Waals surface area contributed by atoms with Crippen LogP contribution >= 0.6 is 0 Å². The standard InChI is InChI=1S/C12H12O3/c1-3-4-7-15-11-6-5-10(9-13)8-12(11)14-2/h5-6,8-9H,7H2,1-2H3. The summed E-state index contributed by atoms with van der Waals surface area (Å²) >= 11 is 0. The number of hydrogen-bond acceptors (Lipinski definition) is 3. The molecule has 15 heavy (non-hydrogen) atoms. The van der Waals surface area contributed by atoms with Gasteiger partial charge < -0.3 is 9.47 Å². The molecule has 0 saturated carbocycles. The Balaban J connectivity index is 2.85. The lowest BCUT2D eigenvalue weighted by molar-refractivity contribution is 0.112. The van der Waals surface area contributed by atoms with E-state index in [9.17, 15) is 4.79 Å². The van der Waals surface area contributed by atoms with E-state index in [-0.39, 0.29) is 0 Å². The molecule has 1 aromatic rings. The van der Waals surface area contributed by atoms with Gasteiger partial charge in [-0.3, -0.25) is 4.79 Å². The van der Waals surface area contributed by atoms with E-state index in [2.05, 4.69) is 11.8 Å². The van der Waals surface area contributed by atoms with E-state index in [0.717, 1.165) is 6.29 Å². The molecule has 0 aromatic heterocycles. The molecular weight excluding hydrogens is 192 g/mol. The Morgan fingerprint density at radius 1 is 1.40 bits per heavy atom. The van der Waals surface area contributed by atoms with Crippen molar-refractivity contribution >= 4 is 6.29 Å². The highest BCUT2D eigenvalue weighted by Crippen LogP contribution is 2.27. The third-order valence-electron chi connectivity index (χ3n) is 1.80. The molecule has 78 valence electrons. The molecule has 0 heterocycles. The second-order valence-corrected chi connectivity index (χ2v) is 2.74. The van der Waals surface area contributed by atoms with Crippen molar-refractivity contribution in [3.8, 4) is 23.3 Å². The molecule has 1 aromatic carbocycles. The Morgan fingerprint density at radius 3 is 2.80 bits per heavy atom. The van der Waals surface area contributed by atoms with Crippen LogP contribution < -0.4 is 9.47 Å². The van der Waals surface area contributed by atoms with Crippen LogP contribution in [0.4, 0.5) is 0 Å². The van der Waals surface area contributed by atoms with Gasteiger partial charge in [-0.1, -0.05) is 5.92 Å². The first-order valence-electron chi connectivity index (χ1n) is 4.47. The summed E-state index contributed by atoms with van der Waals surface area (Å²) in [6.07, 6.45) is 0.762. The maximum atomic E-state index is 10.5. The van der Waals surface area contributed by atoms with Crippen LogP contribution in [0, 0.1) is 11.8 Å². The highest BCUT2D eigenvalue weighted by Gasteiger charge is 2.04. The highest BCUT2D eigenvalue weighted by atomic mass is 16.5. The first-order valence-corrected chi connectivity index (χ1v) is 4.47. The molecular formula is C12H12O3. The summed E-state index contributed by atoms with van der Waals surface area (Å²) in [5, 5.41) is 0. The van der Waals surface area contributed by atoms with Gasteiger partial charge in [0, 0.05) is 5.56 Å². The Hall–Kier alpha value is -1.95. The Bertz CT molecular complexity index is 399. The van der Waals surface area contributed by atoms with Crippen LogP contribution in [0.3, 0.4) is 0 Å². The molecule has 1 rings (SSSR count). The molecule has 0 N–H and O–H groups in total. The van der Waals surface area contributed by atoms with Crippen molar-refractivity contribution in [2.24, 2.45) is 0 Å². The minimum absolute atomic E-state index is 0.313. The van der Waals surface area contributed by atoms with Gasteiger partial charge in [0.15, 0.2) is 11.5 Å². The van der Waals surface area contributed by atoms with Gasteiger partial charge in [0.05, 0.1) is 7.11 Å². The maximum absolute atomic E-state index is 10.5. The molecule has 3 nitrogen and oxygen atoms in total. The molecule has 0 saturated heterocycles. The Labute approximate surface area is 89.0 Å².